The summed E-state index contributed by atoms with van der Waals surface area (Å²) in [6.45, 7) is 2.91. The van der Waals surface area contributed by atoms with Gasteiger partial charge >= 0.3 is 0 Å². The largest absolute Gasteiger partial charge is 0.313 e. The first kappa shape index (κ1) is 5.76. The molecule has 0 aromatic carbocycles. The van der Waals surface area contributed by atoms with Gasteiger partial charge in [0.25, 0.3) is 0 Å². The molecule has 1 aliphatic heterocycles. The Morgan fingerprint density at radius 3 is 2.88 bits per heavy atom. The predicted molar refractivity (Wildman–Crippen MR) is 31.7 cm³/mol. The van der Waals surface area contributed by atoms with Crippen molar-refractivity contribution in [3.05, 3.63) is 0 Å². The summed E-state index contributed by atoms with van der Waals surface area (Å²) in [6.07, 6.45) is 1.45. The van der Waals surface area contributed by atoms with Crippen LogP contribution in [0.4, 0.5) is 0 Å². The number of hydrogen-bond acceptors (Lipinski definition) is 2. The molecular formula is C6H11NO. The number of Topliss-reactive ketones (excluding diaryl/α,β-unsaturated/α-hetero) is 1. The summed E-state index contributed by atoms with van der Waals surface area (Å²) in [4.78, 5) is 10.6. The molecule has 0 aliphatic carbocycles. The van der Waals surface area contributed by atoms with E-state index in [2.05, 4.69) is 5.32 Å². The second-order valence-corrected chi connectivity index (χ2v) is 2.35. The zero-order valence-corrected chi connectivity index (χ0v) is 5.11. The summed E-state index contributed by atoms with van der Waals surface area (Å²) in [5, 5.41) is 3.19. The molecule has 1 aliphatic rings. The van der Waals surface area contributed by atoms with Gasteiger partial charge in [0.05, 0.1) is 0 Å². The number of piperidine rings is 1. The van der Waals surface area contributed by atoms with Crippen molar-refractivity contribution >= 4 is 5.78 Å². The zero-order valence-electron chi connectivity index (χ0n) is 5.11. The van der Waals surface area contributed by atoms with E-state index >= 15 is 0 Å². The maximum atomic E-state index is 10.6. The maximum absolute atomic E-state index is 10.6. The van der Waals surface area contributed by atoms with Crippen molar-refractivity contribution in [2.45, 2.75) is 25.8 Å². The summed E-state index contributed by atoms with van der Waals surface area (Å²) >= 11 is 0. The van der Waals surface area contributed by atoms with E-state index in [-0.39, 0.29) is 0 Å². The molecule has 1 heterocycles. The van der Waals surface area contributed by atoms with Gasteiger partial charge in [0.1, 0.15) is 5.78 Å². The molecule has 0 spiro atoms. The first-order valence-electron chi connectivity index (χ1n) is 3.04. The highest BCUT2D eigenvalue weighted by atomic mass is 16.1. The predicted octanol–water partition coefficient (Wildman–Crippen LogP) is 0.327. The van der Waals surface area contributed by atoms with E-state index in [0.717, 1.165) is 19.4 Å². The third-order valence-electron chi connectivity index (χ3n) is 1.43. The van der Waals surface area contributed by atoms with Crippen LogP contribution in [-0.4, -0.2) is 18.4 Å². The lowest BCUT2D eigenvalue weighted by Gasteiger charge is -2.17. The third kappa shape index (κ3) is 1.30. The fourth-order valence-corrected chi connectivity index (χ4v) is 0.974. The van der Waals surface area contributed by atoms with Crippen molar-refractivity contribution in [1.82, 2.24) is 5.32 Å². The van der Waals surface area contributed by atoms with Crippen molar-refractivity contribution in [3.63, 3.8) is 0 Å². The van der Waals surface area contributed by atoms with Crippen molar-refractivity contribution in [1.29, 1.82) is 0 Å². The Labute approximate surface area is 49.3 Å². The van der Waals surface area contributed by atoms with E-state index in [1.165, 1.54) is 0 Å². The van der Waals surface area contributed by atoms with Crippen LogP contribution in [0.2, 0.25) is 0 Å². The van der Waals surface area contributed by atoms with Crippen molar-refractivity contribution < 1.29 is 4.79 Å². The molecule has 1 rings (SSSR count). The molecule has 1 N–H and O–H groups in total. The highest BCUT2D eigenvalue weighted by Crippen LogP contribution is 2.00. The van der Waals surface area contributed by atoms with E-state index < -0.39 is 0 Å². The molecule has 2 heteroatoms. The standard InChI is InChI=1S/C6H11NO/c1-5-4-6(8)2-3-7-5/h5,7H,2-4H2,1H3/t5-/m1/s1. The molecule has 0 amide bonds. The van der Waals surface area contributed by atoms with Crippen LogP contribution in [0, 0.1) is 0 Å². The summed E-state index contributed by atoms with van der Waals surface area (Å²) in [7, 11) is 0. The maximum Gasteiger partial charge on any atom is 0.135 e. The number of carbonyl (C=O) groups is 1. The summed E-state index contributed by atoms with van der Waals surface area (Å²) in [5.41, 5.74) is 0. The number of rotatable bonds is 0. The quantitative estimate of drug-likeness (QED) is 0.490. The highest BCUT2D eigenvalue weighted by Gasteiger charge is 2.13. The number of hydrogen-bond donors (Lipinski definition) is 1. The van der Waals surface area contributed by atoms with Crippen LogP contribution < -0.4 is 5.32 Å². The fourth-order valence-electron chi connectivity index (χ4n) is 0.974. The van der Waals surface area contributed by atoms with E-state index in [1.54, 1.807) is 0 Å². The monoisotopic (exact) mass is 113 g/mol. The van der Waals surface area contributed by atoms with Crippen LogP contribution in [0.5, 0.6) is 0 Å². The van der Waals surface area contributed by atoms with Crippen molar-refractivity contribution in [3.8, 4) is 0 Å². The molecule has 2 nitrogen and oxygen atoms in total. The molecule has 0 radical (unpaired) electrons. The van der Waals surface area contributed by atoms with E-state index in [9.17, 15) is 4.79 Å². The molecule has 0 aromatic rings. The van der Waals surface area contributed by atoms with Crippen LogP contribution in [0.1, 0.15) is 19.8 Å². The lowest BCUT2D eigenvalue weighted by molar-refractivity contribution is -0.120. The molecule has 46 valence electrons. The van der Waals surface area contributed by atoms with Gasteiger partial charge in [-0.15, -0.1) is 0 Å². The molecule has 0 unspecified atom stereocenters. The van der Waals surface area contributed by atoms with Gasteiger partial charge < -0.3 is 5.32 Å². The smallest absolute Gasteiger partial charge is 0.135 e. The lowest BCUT2D eigenvalue weighted by atomic mass is 10.1. The number of carbonyl (C=O) groups excluding carboxylic acids is 1. The van der Waals surface area contributed by atoms with Gasteiger partial charge in [-0.2, -0.15) is 0 Å². The van der Waals surface area contributed by atoms with Crippen LogP contribution >= 0.6 is 0 Å². The van der Waals surface area contributed by atoms with Crippen molar-refractivity contribution in [2.75, 3.05) is 6.54 Å². The van der Waals surface area contributed by atoms with Crippen LogP contribution in [0.15, 0.2) is 0 Å². The minimum atomic E-state index is 0.399. The summed E-state index contributed by atoms with van der Waals surface area (Å²) in [5.74, 6) is 0.399. The van der Waals surface area contributed by atoms with Gasteiger partial charge in [-0.25, -0.2) is 0 Å². The Morgan fingerprint density at radius 1 is 1.75 bits per heavy atom. The topological polar surface area (TPSA) is 29.1 Å². The second kappa shape index (κ2) is 2.27. The Morgan fingerprint density at radius 2 is 2.50 bits per heavy atom. The zero-order chi connectivity index (χ0) is 5.98. The van der Waals surface area contributed by atoms with E-state index in [0.29, 0.717) is 11.8 Å². The highest BCUT2D eigenvalue weighted by molar-refractivity contribution is 5.79. The Balaban J connectivity index is 2.34. The van der Waals surface area contributed by atoms with Crippen molar-refractivity contribution in [2.24, 2.45) is 0 Å². The molecule has 1 fully saturated rings. The molecule has 1 saturated heterocycles. The van der Waals surface area contributed by atoms with Gasteiger partial charge in [0.15, 0.2) is 0 Å². The SMILES string of the molecule is C[C@@H]1CC(=O)CCN1. The second-order valence-electron chi connectivity index (χ2n) is 2.35. The van der Waals surface area contributed by atoms with E-state index in [4.69, 9.17) is 0 Å². The number of ketones is 1. The van der Waals surface area contributed by atoms with Gasteiger partial charge in [-0.05, 0) is 6.92 Å². The molecule has 8 heavy (non-hydrogen) atoms. The minimum Gasteiger partial charge on any atom is -0.313 e. The third-order valence-corrected chi connectivity index (χ3v) is 1.43. The average Bonchev–Trinajstić information content (AvgIpc) is 1.64. The van der Waals surface area contributed by atoms with Crippen LogP contribution in [0.3, 0.4) is 0 Å². The van der Waals surface area contributed by atoms with E-state index in [1.807, 2.05) is 6.92 Å². The summed E-state index contributed by atoms with van der Waals surface area (Å²) in [6, 6.07) is 0.413. The van der Waals surface area contributed by atoms with Gasteiger partial charge in [-0.3, -0.25) is 4.79 Å². The Bertz CT molecular complexity index is 101. The van der Waals surface area contributed by atoms with Gasteiger partial charge in [0, 0.05) is 25.4 Å². The minimum absolute atomic E-state index is 0.399. The normalized spacial score (nSPS) is 30.6. The number of nitrogens with one attached hydrogen (secondary N) is 1. The van der Waals surface area contributed by atoms with Crippen LogP contribution in [0.25, 0.3) is 0 Å². The van der Waals surface area contributed by atoms with Gasteiger partial charge in [-0.1, -0.05) is 0 Å². The molecule has 0 saturated carbocycles. The molecular weight excluding hydrogens is 102 g/mol. The Kier molecular flexibility index (Phi) is 1.63. The fraction of sp³-hybridized carbons (Fsp3) is 0.833. The Hall–Kier alpha value is -0.370. The van der Waals surface area contributed by atoms with Gasteiger partial charge in [0.2, 0.25) is 0 Å². The summed E-state index contributed by atoms with van der Waals surface area (Å²) < 4.78 is 0. The first-order chi connectivity index (χ1) is 3.79. The average molecular weight is 113 g/mol. The molecule has 1 atom stereocenters. The molecule has 0 aromatic heterocycles. The first-order valence-corrected chi connectivity index (χ1v) is 3.04. The van der Waals surface area contributed by atoms with Crippen LogP contribution in [-0.2, 0) is 4.79 Å². The molecule has 0 bridgehead atoms. The lowest BCUT2D eigenvalue weighted by Crippen LogP contribution is -2.35.